The van der Waals surface area contributed by atoms with E-state index >= 15 is 0 Å². The maximum atomic E-state index is 14.3. The minimum Gasteiger partial charge on any atom is -0.377 e. The van der Waals surface area contributed by atoms with Crippen LogP contribution in [-0.2, 0) is 32.3 Å². The zero-order valence-corrected chi connectivity index (χ0v) is 21.3. The summed E-state index contributed by atoms with van der Waals surface area (Å²) in [5, 5.41) is 4.20. The monoisotopic (exact) mass is 504 g/mol. The van der Waals surface area contributed by atoms with Gasteiger partial charge in [0.2, 0.25) is 0 Å². The Kier molecular flexibility index (Phi) is 5.87. The molecule has 1 aliphatic heterocycles. The highest BCUT2D eigenvalue weighted by Gasteiger charge is 2.28. The topological polar surface area (TPSA) is 54.0 Å². The van der Waals surface area contributed by atoms with E-state index in [4.69, 9.17) is 4.74 Å². The van der Waals surface area contributed by atoms with E-state index in [0.29, 0.717) is 24.3 Å². The Balaban J connectivity index is 1.55. The second-order valence-corrected chi connectivity index (χ2v) is 10.2. The fourth-order valence-electron chi connectivity index (χ4n) is 6.10. The SMILES string of the molecule is Cn1cc(-c2cc3c(cc2C(F)F)C(c2cc(C4=CCOCC4)c4c(c2)n(C)c(=O)n4C)CCC3)cn1. The van der Waals surface area contributed by atoms with Crippen LogP contribution in [0, 0.1) is 0 Å². The Hall–Kier alpha value is -3.52. The molecule has 2 aromatic heterocycles. The van der Waals surface area contributed by atoms with E-state index in [1.165, 1.54) is 0 Å². The lowest BCUT2D eigenvalue weighted by Gasteiger charge is -2.29. The number of fused-ring (bicyclic) bond motifs is 2. The molecule has 3 heterocycles. The van der Waals surface area contributed by atoms with E-state index in [2.05, 4.69) is 23.3 Å². The predicted molar refractivity (Wildman–Crippen MR) is 140 cm³/mol. The zero-order chi connectivity index (χ0) is 25.8. The van der Waals surface area contributed by atoms with Crippen LogP contribution in [0.3, 0.4) is 0 Å². The van der Waals surface area contributed by atoms with E-state index < -0.39 is 6.43 Å². The van der Waals surface area contributed by atoms with Crippen molar-refractivity contribution >= 4 is 16.6 Å². The lowest BCUT2D eigenvalue weighted by molar-refractivity contribution is 0.152. The van der Waals surface area contributed by atoms with Crippen LogP contribution in [0.15, 0.2) is 47.5 Å². The fraction of sp³-hybridized carbons (Fsp3) is 0.379. The molecule has 1 atom stereocenters. The van der Waals surface area contributed by atoms with Crippen molar-refractivity contribution < 1.29 is 13.5 Å². The first kappa shape index (κ1) is 23.9. The summed E-state index contributed by atoms with van der Waals surface area (Å²) in [5.41, 5.74) is 8.31. The van der Waals surface area contributed by atoms with Gasteiger partial charge in [-0.05, 0) is 71.7 Å². The number of halogens is 2. The van der Waals surface area contributed by atoms with Crippen molar-refractivity contribution in [1.82, 2.24) is 18.9 Å². The molecule has 37 heavy (non-hydrogen) atoms. The normalized spacial score (nSPS) is 17.9. The van der Waals surface area contributed by atoms with Crippen molar-refractivity contribution in [2.45, 2.75) is 38.0 Å². The Morgan fingerprint density at radius 1 is 1.05 bits per heavy atom. The quantitative estimate of drug-likeness (QED) is 0.370. The van der Waals surface area contributed by atoms with Crippen molar-refractivity contribution in [2.75, 3.05) is 13.2 Å². The molecule has 0 amide bonds. The number of benzene rings is 2. The maximum Gasteiger partial charge on any atom is 0.328 e. The van der Waals surface area contributed by atoms with E-state index in [1.807, 2.05) is 6.07 Å². The van der Waals surface area contributed by atoms with Crippen molar-refractivity contribution in [3.63, 3.8) is 0 Å². The van der Waals surface area contributed by atoms with Gasteiger partial charge in [0, 0.05) is 49.9 Å². The summed E-state index contributed by atoms with van der Waals surface area (Å²) in [6.07, 6.45) is 6.38. The van der Waals surface area contributed by atoms with Crippen LogP contribution in [0.1, 0.15) is 59.4 Å². The molecule has 8 heteroatoms. The third-order valence-corrected chi connectivity index (χ3v) is 7.97. The molecule has 0 spiro atoms. The van der Waals surface area contributed by atoms with Gasteiger partial charge in [0.25, 0.3) is 6.43 Å². The fourth-order valence-corrected chi connectivity index (χ4v) is 6.10. The Morgan fingerprint density at radius 2 is 1.89 bits per heavy atom. The number of hydrogen-bond acceptors (Lipinski definition) is 3. The van der Waals surface area contributed by atoms with E-state index in [0.717, 1.165) is 64.5 Å². The molecule has 6 nitrogen and oxygen atoms in total. The van der Waals surface area contributed by atoms with Gasteiger partial charge >= 0.3 is 5.69 Å². The standard InChI is InChI=1S/C29H30F2N4O2/c1-33-16-20(15-32-33)22-11-18-5-4-6-21(23(18)14-25(22)28(30)31)19-12-24(17-7-9-37-10-8-17)27-26(13-19)34(2)29(36)35(27)3/h7,11-16,21,28H,4-6,8-10H2,1-3H3. The second-order valence-electron chi connectivity index (χ2n) is 10.2. The van der Waals surface area contributed by atoms with Crippen LogP contribution >= 0.6 is 0 Å². The molecule has 0 saturated heterocycles. The molecule has 0 radical (unpaired) electrons. The summed E-state index contributed by atoms with van der Waals surface area (Å²) in [4.78, 5) is 12.9. The highest BCUT2D eigenvalue weighted by Crippen LogP contribution is 2.43. The van der Waals surface area contributed by atoms with Crippen molar-refractivity contribution in [3.8, 4) is 11.1 Å². The summed E-state index contributed by atoms with van der Waals surface area (Å²) >= 11 is 0. The highest BCUT2D eigenvalue weighted by molar-refractivity contribution is 5.91. The number of alkyl halides is 2. The van der Waals surface area contributed by atoms with Crippen LogP contribution in [0.5, 0.6) is 0 Å². The predicted octanol–water partition coefficient (Wildman–Crippen LogP) is 5.49. The number of ether oxygens (including phenoxy) is 1. The summed E-state index contributed by atoms with van der Waals surface area (Å²) in [5.74, 6) is -0.0249. The lowest BCUT2D eigenvalue weighted by atomic mass is 9.76. The van der Waals surface area contributed by atoms with Crippen molar-refractivity contribution in [3.05, 3.63) is 81.0 Å². The van der Waals surface area contributed by atoms with Gasteiger partial charge in [-0.2, -0.15) is 5.10 Å². The van der Waals surface area contributed by atoms with Gasteiger partial charge in [0.05, 0.1) is 30.4 Å². The number of aryl methyl sites for hydroxylation is 4. The first-order chi connectivity index (χ1) is 17.8. The minimum atomic E-state index is -2.59. The second kappa shape index (κ2) is 9.10. The largest absolute Gasteiger partial charge is 0.377 e. The average Bonchev–Trinajstić information content (AvgIpc) is 3.44. The van der Waals surface area contributed by atoms with E-state index in [-0.39, 0.29) is 17.2 Å². The van der Waals surface area contributed by atoms with Gasteiger partial charge in [0.1, 0.15) is 0 Å². The zero-order valence-electron chi connectivity index (χ0n) is 21.3. The molecule has 0 bridgehead atoms. The third-order valence-electron chi connectivity index (χ3n) is 7.97. The first-order valence-corrected chi connectivity index (χ1v) is 12.7. The van der Waals surface area contributed by atoms with Crippen LogP contribution in [0.2, 0.25) is 0 Å². The maximum absolute atomic E-state index is 14.3. The minimum absolute atomic E-state index is 0.0249. The van der Waals surface area contributed by atoms with Crippen LogP contribution < -0.4 is 5.69 Å². The van der Waals surface area contributed by atoms with Gasteiger partial charge in [-0.15, -0.1) is 0 Å². The van der Waals surface area contributed by atoms with Gasteiger partial charge < -0.3 is 4.74 Å². The Labute approximate surface area is 213 Å². The molecule has 2 aromatic carbocycles. The number of nitrogens with zero attached hydrogens (tertiary/aromatic N) is 4. The van der Waals surface area contributed by atoms with Crippen LogP contribution in [-0.4, -0.2) is 32.1 Å². The van der Waals surface area contributed by atoms with Crippen LogP contribution in [0.25, 0.3) is 27.7 Å². The third kappa shape index (κ3) is 3.94. The number of rotatable bonds is 4. The molecule has 2 aliphatic rings. The number of imidazole rings is 1. The molecule has 0 saturated carbocycles. The van der Waals surface area contributed by atoms with Gasteiger partial charge in [-0.1, -0.05) is 12.1 Å². The summed E-state index contributed by atoms with van der Waals surface area (Å²) < 4.78 is 39.3. The molecular formula is C29H30F2N4O2. The first-order valence-electron chi connectivity index (χ1n) is 12.7. The van der Waals surface area contributed by atoms with E-state index in [9.17, 15) is 13.6 Å². The lowest BCUT2D eigenvalue weighted by Crippen LogP contribution is -2.19. The van der Waals surface area contributed by atoms with Gasteiger partial charge in [-0.3, -0.25) is 13.8 Å². The number of aromatic nitrogens is 4. The smallest absolute Gasteiger partial charge is 0.328 e. The molecule has 0 N–H and O–H groups in total. The molecule has 4 aromatic rings. The van der Waals surface area contributed by atoms with Gasteiger partial charge in [-0.25, -0.2) is 13.6 Å². The summed E-state index contributed by atoms with van der Waals surface area (Å²) in [6.45, 7) is 1.18. The summed E-state index contributed by atoms with van der Waals surface area (Å²) in [6, 6.07) is 7.92. The van der Waals surface area contributed by atoms with E-state index in [1.54, 1.807) is 53.4 Å². The van der Waals surface area contributed by atoms with Gasteiger partial charge in [0.15, 0.2) is 0 Å². The molecular weight excluding hydrogens is 474 g/mol. The molecule has 0 fully saturated rings. The van der Waals surface area contributed by atoms with Crippen LogP contribution in [0.4, 0.5) is 8.78 Å². The Morgan fingerprint density at radius 3 is 2.59 bits per heavy atom. The van der Waals surface area contributed by atoms with Crippen molar-refractivity contribution in [1.29, 1.82) is 0 Å². The number of hydrogen-bond donors (Lipinski definition) is 0. The molecule has 1 unspecified atom stereocenters. The summed E-state index contributed by atoms with van der Waals surface area (Å²) in [7, 11) is 5.39. The Bertz CT molecular complexity index is 1610. The van der Waals surface area contributed by atoms with Crippen molar-refractivity contribution in [2.24, 2.45) is 21.1 Å². The highest BCUT2D eigenvalue weighted by atomic mass is 19.3. The average molecular weight is 505 g/mol. The molecule has 6 rings (SSSR count). The molecule has 192 valence electrons. The molecule has 1 aliphatic carbocycles.